The van der Waals surface area contributed by atoms with Crippen molar-refractivity contribution in [1.29, 1.82) is 0 Å². The van der Waals surface area contributed by atoms with Crippen molar-refractivity contribution in [2.24, 2.45) is 0 Å². The summed E-state index contributed by atoms with van der Waals surface area (Å²) >= 11 is 0. The molecule has 2 aromatic carbocycles. The van der Waals surface area contributed by atoms with Gasteiger partial charge in [0, 0.05) is 35.5 Å². The van der Waals surface area contributed by atoms with Crippen LogP contribution in [0.4, 0.5) is 5.69 Å². The van der Waals surface area contributed by atoms with Crippen molar-refractivity contribution in [2.75, 3.05) is 12.0 Å². The van der Waals surface area contributed by atoms with Gasteiger partial charge in [-0.25, -0.2) is 0 Å². The van der Waals surface area contributed by atoms with Crippen LogP contribution in [0, 0.1) is 20.0 Å². The van der Waals surface area contributed by atoms with Crippen molar-refractivity contribution < 1.29 is 50.4 Å². The van der Waals surface area contributed by atoms with Gasteiger partial charge in [0.1, 0.15) is 11.8 Å². The van der Waals surface area contributed by atoms with Crippen molar-refractivity contribution in [3.63, 3.8) is 0 Å². The molecular weight excluding hydrogens is 430 g/mol. The predicted octanol–water partition coefficient (Wildman–Crippen LogP) is 2.60. The summed E-state index contributed by atoms with van der Waals surface area (Å²) in [6, 6.07) is 16.3. The van der Waals surface area contributed by atoms with Crippen LogP contribution >= 0.6 is 0 Å². The van der Waals surface area contributed by atoms with Crippen LogP contribution in [0.1, 0.15) is 18.5 Å². The van der Waals surface area contributed by atoms with E-state index in [1.807, 2.05) is 54.6 Å². The molecule has 1 aliphatic rings. The zero-order chi connectivity index (χ0) is 22.4. The summed E-state index contributed by atoms with van der Waals surface area (Å²) in [5.74, 6) is -0.0543. The second-order valence-corrected chi connectivity index (χ2v) is 5.26. The second kappa shape index (κ2) is 15.8. The molecule has 1 saturated heterocycles. The molecule has 0 N–H and O–H groups in total. The summed E-state index contributed by atoms with van der Waals surface area (Å²) in [5.41, 5.74) is 1.57. The number of rotatable bonds is 4. The Bertz CT molecular complexity index is 850. The number of ether oxygens (including phenoxy) is 2. The first kappa shape index (κ1) is 29.1. The molecule has 2 aromatic rings. The Kier molecular flexibility index (Phi) is 15.4. The van der Waals surface area contributed by atoms with Gasteiger partial charge in [0.25, 0.3) is 5.91 Å². The Morgan fingerprint density at radius 2 is 1.43 bits per heavy atom. The Labute approximate surface area is 185 Å². The van der Waals surface area contributed by atoms with Crippen LogP contribution in [0.25, 0.3) is 0 Å². The molecule has 1 fully saturated rings. The summed E-state index contributed by atoms with van der Waals surface area (Å²) in [6.07, 6.45) is -0.830. The van der Waals surface area contributed by atoms with Gasteiger partial charge in [0.05, 0.1) is 7.11 Å². The van der Waals surface area contributed by atoms with Gasteiger partial charge in [-0.05, 0) is 18.2 Å². The number of benzene rings is 2. The summed E-state index contributed by atoms with van der Waals surface area (Å²) in [4.78, 5) is 25.5. The molecule has 154 valence electrons. The number of methoxy groups -OCH3 is 1. The normalized spacial score (nSPS) is 15.5. The largest absolute Gasteiger partial charge is 0 e. The number of nitrogens with zero attached hydrogens (tertiary/aromatic N) is 1. The smallest absolute Gasteiger partial charge is 0 e. The topological polar surface area (TPSA) is 116 Å². The molecule has 1 aliphatic heterocycles. The molecule has 3 rings (SSSR count). The molecular formula is C21H17CrNO7. The minimum atomic E-state index is -0.830. The molecule has 0 spiro atoms. The van der Waals surface area contributed by atoms with E-state index < -0.39 is 18.1 Å². The molecule has 0 aliphatic carbocycles. The number of para-hydroxylation sites is 2. The van der Waals surface area contributed by atoms with Gasteiger partial charge >= 0.3 is 39.9 Å². The number of hydrogen-bond acceptors (Lipinski definition) is 4. The zero-order valence-corrected chi connectivity index (χ0v) is 17.3. The minimum absolute atomic E-state index is 0. The quantitative estimate of drug-likeness (QED) is 0.310. The third kappa shape index (κ3) is 6.77. The second-order valence-electron chi connectivity index (χ2n) is 5.26. The molecule has 0 radical (unpaired) electrons. The SMILES string of the molecule is COc1ccccc1[C@@H]1[C@H](OC(C)=O)C(=O)N1c1ccccc1.[C-]#[O+].[C-]#[O+].[C-]#[O+].[Cr]. The molecule has 2 atom stereocenters. The Balaban J connectivity index is 0. The van der Waals surface area contributed by atoms with Crippen LogP contribution < -0.4 is 9.64 Å². The van der Waals surface area contributed by atoms with Crippen molar-refractivity contribution in [3.8, 4) is 5.75 Å². The van der Waals surface area contributed by atoms with E-state index in [-0.39, 0.29) is 23.3 Å². The fourth-order valence-electron chi connectivity index (χ4n) is 2.85. The Hall–Kier alpha value is -3.07. The third-order valence-electron chi connectivity index (χ3n) is 3.83. The number of carbonyl (C=O) groups is 2. The standard InChI is InChI=1S/C18H17NO4.3CO.Cr/c1-12(20)23-17-16(14-10-6-7-11-15(14)22-2)19(18(17)21)13-8-4-3-5-9-13;3*1-2;/h3-11,16-17H,1-2H3;;;;/t16-,17+;;;;/m1..../s1. The van der Waals surface area contributed by atoms with E-state index in [9.17, 15) is 9.59 Å². The van der Waals surface area contributed by atoms with E-state index >= 15 is 0 Å². The number of hydrogen-bond donors (Lipinski definition) is 0. The molecule has 0 bridgehead atoms. The molecule has 8 nitrogen and oxygen atoms in total. The molecule has 1 amide bonds. The van der Waals surface area contributed by atoms with Gasteiger partial charge in [-0.1, -0.05) is 36.4 Å². The van der Waals surface area contributed by atoms with Crippen molar-refractivity contribution in [2.45, 2.75) is 19.1 Å². The minimum Gasteiger partial charge on any atom is 0 e. The summed E-state index contributed by atoms with van der Waals surface area (Å²) in [6.45, 7) is 14.8. The maximum atomic E-state index is 12.5. The van der Waals surface area contributed by atoms with E-state index in [4.69, 9.17) is 23.4 Å². The average Bonchev–Trinajstić information content (AvgIpc) is 2.80. The molecule has 30 heavy (non-hydrogen) atoms. The molecule has 0 unspecified atom stereocenters. The van der Waals surface area contributed by atoms with Crippen LogP contribution in [0.5, 0.6) is 5.75 Å². The van der Waals surface area contributed by atoms with Crippen LogP contribution in [0.15, 0.2) is 54.6 Å². The maximum Gasteiger partial charge on any atom is 0 e. The number of amides is 1. The van der Waals surface area contributed by atoms with Crippen LogP contribution in [0.3, 0.4) is 0 Å². The van der Waals surface area contributed by atoms with E-state index in [1.54, 1.807) is 12.0 Å². The van der Waals surface area contributed by atoms with E-state index in [1.165, 1.54) is 6.92 Å². The third-order valence-corrected chi connectivity index (χ3v) is 3.83. The molecule has 0 saturated carbocycles. The van der Waals surface area contributed by atoms with Gasteiger partial charge in [-0.3, -0.25) is 14.5 Å². The van der Waals surface area contributed by atoms with E-state index in [2.05, 4.69) is 20.0 Å². The van der Waals surface area contributed by atoms with Crippen molar-refractivity contribution >= 4 is 17.6 Å². The average molecular weight is 447 g/mol. The molecule has 1 heterocycles. The molecule has 0 aromatic heterocycles. The van der Waals surface area contributed by atoms with E-state index in [0.717, 1.165) is 11.3 Å². The first-order valence-electron chi connectivity index (χ1n) is 7.93. The molecule has 9 heteroatoms. The fourth-order valence-corrected chi connectivity index (χ4v) is 2.85. The van der Waals surface area contributed by atoms with Crippen molar-refractivity contribution in [1.82, 2.24) is 0 Å². The van der Waals surface area contributed by atoms with Crippen LogP contribution in [-0.4, -0.2) is 25.1 Å². The number of carbonyl (C=O) groups excluding carboxylic acids is 2. The Morgan fingerprint density at radius 1 is 0.933 bits per heavy atom. The first-order valence-corrected chi connectivity index (χ1v) is 7.93. The fraction of sp³-hybridized carbons (Fsp3) is 0.190. The van der Waals surface area contributed by atoms with Crippen LogP contribution in [0.2, 0.25) is 0 Å². The zero-order valence-electron chi connectivity index (χ0n) is 16.1. The van der Waals surface area contributed by atoms with Gasteiger partial charge in [-0.15, -0.1) is 0 Å². The van der Waals surface area contributed by atoms with E-state index in [0.29, 0.717) is 5.75 Å². The summed E-state index contributed by atoms with van der Waals surface area (Å²) in [5, 5.41) is 0. The summed E-state index contributed by atoms with van der Waals surface area (Å²) < 4.78 is 33.1. The van der Waals surface area contributed by atoms with Gasteiger partial charge in [-0.2, -0.15) is 0 Å². The first-order chi connectivity index (χ1) is 14.1. The van der Waals surface area contributed by atoms with Gasteiger partial charge in [0.2, 0.25) is 6.10 Å². The number of β-lactam (4-membered cyclic amide) rings is 1. The van der Waals surface area contributed by atoms with Crippen LogP contribution in [-0.2, 0) is 45.6 Å². The van der Waals surface area contributed by atoms with Crippen molar-refractivity contribution in [3.05, 3.63) is 80.1 Å². The number of esters is 1. The Morgan fingerprint density at radius 3 is 1.93 bits per heavy atom. The van der Waals surface area contributed by atoms with Gasteiger partial charge < -0.3 is 9.47 Å². The maximum absolute atomic E-state index is 12.5. The summed E-state index contributed by atoms with van der Waals surface area (Å²) in [7, 11) is 1.58. The van der Waals surface area contributed by atoms with Gasteiger partial charge in [0.15, 0.2) is 0 Å². The monoisotopic (exact) mass is 447 g/mol. The predicted molar refractivity (Wildman–Crippen MR) is 97.0 cm³/mol. The number of anilines is 1.